The van der Waals surface area contributed by atoms with Gasteiger partial charge in [0.15, 0.2) is 0 Å². The van der Waals surface area contributed by atoms with Crippen molar-refractivity contribution >= 4 is 39.8 Å². The number of thiophene rings is 1. The Morgan fingerprint density at radius 2 is 1.95 bits per heavy atom. The van der Waals surface area contributed by atoms with Gasteiger partial charge in [0.25, 0.3) is 0 Å². The Kier molecular flexibility index (Phi) is 3.76. The quantitative estimate of drug-likeness (QED) is 0.697. The molecule has 20 heavy (non-hydrogen) atoms. The Balaban J connectivity index is 1.81. The summed E-state index contributed by atoms with van der Waals surface area (Å²) in [5.74, 6) is -0.0102. The number of carboxylic acid groups (broad SMARTS) is 1. The van der Waals surface area contributed by atoms with E-state index < -0.39 is 5.97 Å². The summed E-state index contributed by atoms with van der Waals surface area (Å²) in [6, 6.07) is 16.4. The molecule has 0 fully saturated rings. The minimum absolute atomic E-state index is 0.394. The number of benzene rings is 2. The lowest BCUT2D eigenvalue weighted by molar-refractivity contribution is 0.0702. The van der Waals surface area contributed by atoms with Gasteiger partial charge in [-0.05, 0) is 22.4 Å². The summed E-state index contributed by atoms with van der Waals surface area (Å²) in [5.41, 5.74) is 1.27. The first-order valence-electron chi connectivity index (χ1n) is 6.15. The van der Waals surface area contributed by atoms with Crippen LogP contribution in [0.15, 0.2) is 58.8 Å². The van der Waals surface area contributed by atoms with E-state index in [0.29, 0.717) is 4.88 Å². The summed E-state index contributed by atoms with van der Waals surface area (Å²) in [6.07, 6.45) is 0. The highest BCUT2D eigenvalue weighted by atomic mass is 32.2. The smallest absolute Gasteiger partial charge is 0.345 e. The molecule has 1 aromatic heterocycles. The molecule has 0 aliphatic heterocycles. The van der Waals surface area contributed by atoms with Crippen LogP contribution in [0.1, 0.15) is 15.2 Å². The number of carboxylic acids is 1. The van der Waals surface area contributed by atoms with E-state index in [1.54, 1.807) is 17.8 Å². The average Bonchev–Trinajstić information content (AvgIpc) is 2.94. The van der Waals surface area contributed by atoms with Gasteiger partial charge in [-0.15, -0.1) is 23.1 Å². The SMILES string of the molecule is O=C(O)c1cc(SCc2cccc3ccccc23)cs1. The maximum absolute atomic E-state index is 10.9. The van der Waals surface area contributed by atoms with Crippen LogP contribution in [0.3, 0.4) is 0 Å². The van der Waals surface area contributed by atoms with E-state index in [1.807, 2.05) is 17.5 Å². The molecule has 0 radical (unpaired) electrons. The van der Waals surface area contributed by atoms with Crippen molar-refractivity contribution in [1.82, 2.24) is 0 Å². The van der Waals surface area contributed by atoms with Crippen molar-refractivity contribution in [3.8, 4) is 0 Å². The lowest BCUT2D eigenvalue weighted by Crippen LogP contribution is -1.89. The number of rotatable bonds is 4. The van der Waals surface area contributed by atoms with Crippen LogP contribution in [-0.4, -0.2) is 11.1 Å². The highest BCUT2D eigenvalue weighted by Crippen LogP contribution is 2.30. The fraction of sp³-hybridized carbons (Fsp3) is 0.0625. The molecule has 0 atom stereocenters. The minimum atomic E-state index is -0.855. The third-order valence-corrected chi connectivity index (χ3v) is 5.15. The van der Waals surface area contributed by atoms with Crippen LogP contribution >= 0.6 is 23.1 Å². The number of aromatic carboxylic acids is 1. The summed E-state index contributed by atoms with van der Waals surface area (Å²) in [7, 11) is 0. The number of fused-ring (bicyclic) bond motifs is 1. The number of hydrogen-bond donors (Lipinski definition) is 1. The van der Waals surface area contributed by atoms with Gasteiger partial charge in [0.2, 0.25) is 0 Å². The van der Waals surface area contributed by atoms with E-state index in [-0.39, 0.29) is 0 Å². The first-order valence-corrected chi connectivity index (χ1v) is 8.02. The van der Waals surface area contributed by atoms with Gasteiger partial charge in [-0.1, -0.05) is 42.5 Å². The van der Waals surface area contributed by atoms with Gasteiger partial charge < -0.3 is 5.11 Å². The summed E-state index contributed by atoms with van der Waals surface area (Å²) in [6.45, 7) is 0. The first-order chi connectivity index (χ1) is 9.74. The van der Waals surface area contributed by atoms with Crippen molar-refractivity contribution in [3.63, 3.8) is 0 Å². The molecule has 100 valence electrons. The molecule has 0 aliphatic carbocycles. The Morgan fingerprint density at radius 3 is 2.75 bits per heavy atom. The Labute approximate surface area is 125 Å². The molecule has 1 heterocycles. The number of carbonyl (C=O) groups is 1. The minimum Gasteiger partial charge on any atom is -0.477 e. The van der Waals surface area contributed by atoms with Gasteiger partial charge in [0, 0.05) is 16.0 Å². The normalized spacial score (nSPS) is 10.8. The molecule has 0 bridgehead atoms. The topological polar surface area (TPSA) is 37.3 Å². The number of thioether (sulfide) groups is 1. The summed E-state index contributed by atoms with van der Waals surface area (Å²) in [5, 5.41) is 13.3. The number of hydrogen-bond acceptors (Lipinski definition) is 3. The Morgan fingerprint density at radius 1 is 1.15 bits per heavy atom. The van der Waals surface area contributed by atoms with Gasteiger partial charge >= 0.3 is 5.97 Å². The van der Waals surface area contributed by atoms with Gasteiger partial charge in [-0.25, -0.2) is 4.79 Å². The zero-order chi connectivity index (χ0) is 13.9. The molecule has 3 aromatic rings. The molecule has 0 amide bonds. The highest BCUT2D eigenvalue weighted by Gasteiger charge is 2.08. The van der Waals surface area contributed by atoms with Gasteiger partial charge in [0.1, 0.15) is 4.88 Å². The lowest BCUT2D eigenvalue weighted by Gasteiger charge is -2.05. The molecule has 4 heteroatoms. The van der Waals surface area contributed by atoms with E-state index in [0.717, 1.165) is 10.6 Å². The summed E-state index contributed by atoms with van der Waals surface area (Å²) >= 11 is 2.95. The fourth-order valence-electron chi connectivity index (χ4n) is 2.09. The first kappa shape index (κ1) is 13.2. The molecule has 0 unspecified atom stereocenters. The van der Waals surface area contributed by atoms with E-state index >= 15 is 0 Å². The molecule has 3 rings (SSSR count). The fourth-order valence-corrected chi connectivity index (χ4v) is 3.96. The van der Waals surface area contributed by atoms with Gasteiger partial charge in [-0.2, -0.15) is 0 Å². The Hall–Kier alpha value is -1.78. The third kappa shape index (κ3) is 2.71. The standard InChI is InChI=1S/C16H12O2S2/c17-16(18)15-8-13(10-20-15)19-9-12-6-3-5-11-4-1-2-7-14(11)12/h1-8,10H,9H2,(H,17,18). The molecule has 2 aromatic carbocycles. The molecule has 0 saturated carbocycles. The average molecular weight is 300 g/mol. The molecule has 0 saturated heterocycles. The molecule has 0 spiro atoms. The van der Waals surface area contributed by atoms with Crippen molar-refractivity contribution in [2.24, 2.45) is 0 Å². The van der Waals surface area contributed by atoms with Gasteiger partial charge in [0.05, 0.1) is 0 Å². The predicted molar refractivity (Wildman–Crippen MR) is 84.8 cm³/mol. The van der Waals surface area contributed by atoms with Crippen molar-refractivity contribution in [2.45, 2.75) is 10.6 Å². The predicted octanol–water partition coefficient (Wildman–Crippen LogP) is 4.89. The van der Waals surface area contributed by atoms with Crippen molar-refractivity contribution in [1.29, 1.82) is 0 Å². The van der Waals surface area contributed by atoms with E-state index in [2.05, 4.69) is 30.3 Å². The maximum atomic E-state index is 10.9. The maximum Gasteiger partial charge on any atom is 0.345 e. The second-order valence-electron chi connectivity index (χ2n) is 4.38. The second kappa shape index (κ2) is 5.69. The van der Waals surface area contributed by atoms with Crippen LogP contribution in [-0.2, 0) is 5.75 Å². The summed E-state index contributed by atoms with van der Waals surface area (Å²) in [4.78, 5) is 12.3. The van der Waals surface area contributed by atoms with Crippen LogP contribution in [0.25, 0.3) is 10.8 Å². The van der Waals surface area contributed by atoms with Crippen LogP contribution < -0.4 is 0 Å². The van der Waals surface area contributed by atoms with Gasteiger partial charge in [-0.3, -0.25) is 0 Å². The van der Waals surface area contributed by atoms with Crippen molar-refractivity contribution < 1.29 is 9.90 Å². The summed E-state index contributed by atoms with van der Waals surface area (Å²) < 4.78 is 0. The van der Waals surface area contributed by atoms with Crippen molar-refractivity contribution in [2.75, 3.05) is 0 Å². The highest BCUT2D eigenvalue weighted by molar-refractivity contribution is 7.98. The van der Waals surface area contributed by atoms with Crippen LogP contribution in [0.2, 0.25) is 0 Å². The monoisotopic (exact) mass is 300 g/mol. The van der Waals surface area contributed by atoms with Crippen LogP contribution in [0, 0.1) is 0 Å². The zero-order valence-electron chi connectivity index (χ0n) is 10.6. The molecule has 1 N–H and O–H groups in total. The van der Waals surface area contributed by atoms with E-state index in [9.17, 15) is 4.79 Å². The molecular formula is C16H12O2S2. The lowest BCUT2D eigenvalue weighted by atomic mass is 10.1. The zero-order valence-corrected chi connectivity index (χ0v) is 12.2. The van der Waals surface area contributed by atoms with Crippen LogP contribution in [0.5, 0.6) is 0 Å². The molecule has 2 nitrogen and oxygen atoms in total. The van der Waals surface area contributed by atoms with Crippen molar-refractivity contribution in [3.05, 3.63) is 64.4 Å². The molecular weight excluding hydrogens is 288 g/mol. The van der Waals surface area contributed by atoms with Crippen LogP contribution in [0.4, 0.5) is 0 Å². The van der Waals surface area contributed by atoms with E-state index in [4.69, 9.17) is 5.11 Å². The largest absolute Gasteiger partial charge is 0.477 e. The Bertz CT molecular complexity index is 757. The second-order valence-corrected chi connectivity index (χ2v) is 6.34. The third-order valence-electron chi connectivity index (χ3n) is 3.06. The van der Waals surface area contributed by atoms with E-state index in [1.165, 1.54) is 27.7 Å². The molecule has 0 aliphatic rings.